The van der Waals surface area contributed by atoms with Crippen molar-refractivity contribution >= 4 is 26.0 Å². The van der Waals surface area contributed by atoms with Gasteiger partial charge >= 0.3 is 0 Å². The standard InChI is InChI=1S/C14H20BrNO3S/c15-11-12-4-6-14(7-5-12)20(17,18)16-9-8-13-3-1-2-10-19-13/h4-7,13,16H,1-3,8-11H2. The number of benzene rings is 1. The summed E-state index contributed by atoms with van der Waals surface area (Å²) in [5.41, 5.74) is 1.06. The minimum atomic E-state index is -3.41. The first kappa shape index (κ1) is 15.9. The zero-order valence-electron chi connectivity index (χ0n) is 11.3. The highest BCUT2D eigenvalue weighted by Crippen LogP contribution is 2.16. The number of ether oxygens (including phenoxy) is 1. The third kappa shape index (κ3) is 4.55. The molecule has 1 aliphatic rings. The SMILES string of the molecule is O=S(=O)(NCCC1CCCCO1)c1ccc(CBr)cc1. The molecule has 4 nitrogen and oxygen atoms in total. The summed E-state index contributed by atoms with van der Waals surface area (Å²) in [6, 6.07) is 6.90. The lowest BCUT2D eigenvalue weighted by atomic mass is 10.1. The van der Waals surface area contributed by atoms with Crippen LogP contribution in [-0.2, 0) is 20.1 Å². The molecular formula is C14H20BrNO3S. The summed E-state index contributed by atoms with van der Waals surface area (Å²) in [6.07, 6.45) is 4.25. The van der Waals surface area contributed by atoms with Crippen LogP contribution in [0.1, 0.15) is 31.2 Å². The topological polar surface area (TPSA) is 55.4 Å². The quantitative estimate of drug-likeness (QED) is 0.792. The second kappa shape index (κ2) is 7.54. The first-order chi connectivity index (χ1) is 9.62. The molecule has 0 aromatic heterocycles. The molecule has 20 heavy (non-hydrogen) atoms. The van der Waals surface area contributed by atoms with Gasteiger partial charge in [-0.3, -0.25) is 0 Å². The van der Waals surface area contributed by atoms with Gasteiger partial charge in [0.2, 0.25) is 10.0 Å². The highest BCUT2D eigenvalue weighted by Gasteiger charge is 2.17. The molecule has 1 saturated heterocycles. The molecule has 0 aliphatic carbocycles. The number of nitrogens with one attached hydrogen (secondary N) is 1. The van der Waals surface area contributed by atoms with Gasteiger partial charge in [0, 0.05) is 18.5 Å². The van der Waals surface area contributed by atoms with Crippen molar-refractivity contribution in [2.45, 2.75) is 42.0 Å². The first-order valence-corrected chi connectivity index (χ1v) is 9.48. The van der Waals surface area contributed by atoms with Crippen molar-refractivity contribution in [1.82, 2.24) is 4.72 Å². The Kier molecular flexibility index (Phi) is 6.01. The van der Waals surface area contributed by atoms with Crippen molar-refractivity contribution in [2.75, 3.05) is 13.2 Å². The predicted octanol–water partition coefficient (Wildman–Crippen LogP) is 2.82. The van der Waals surface area contributed by atoms with Gasteiger partial charge in [0.05, 0.1) is 11.0 Å². The van der Waals surface area contributed by atoms with Gasteiger partial charge in [-0.05, 0) is 43.4 Å². The summed E-state index contributed by atoms with van der Waals surface area (Å²) >= 11 is 3.34. The lowest BCUT2D eigenvalue weighted by molar-refractivity contribution is 0.0123. The summed E-state index contributed by atoms with van der Waals surface area (Å²) in [7, 11) is -3.41. The van der Waals surface area contributed by atoms with E-state index in [-0.39, 0.29) is 6.10 Å². The Hall–Kier alpha value is -0.430. The van der Waals surface area contributed by atoms with Gasteiger partial charge < -0.3 is 4.74 Å². The summed E-state index contributed by atoms with van der Waals surface area (Å²) < 4.78 is 32.4. The molecule has 0 saturated carbocycles. The van der Waals surface area contributed by atoms with E-state index >= 15 is 0 Å². The van der Waals surface area contributed by atoms with Crippen molar-refractivity contribution in [2.24, 2.45) is 0 Å². The Balaban J connectivity index is 1.86. The van der Waals surface area contributed by atoms with E-state index in [1.807, 2.05) is 12.1 Å². The highest BCUT2D eigenvalue weighted by atomic mass is 79.9. The number of alkyl halides is 1. The van der Waals surface area contributed by atoms with E-state index in [2.05, 4.69) is 20.7 Å². The average molecular weight is 362 g/mol. The van der Waals surface area contributed by atoms with E-state index in [4.69, 9.17) is 4.74 Å². The molecule has 1 N–H and O–H groups in total. The Morgan fingerprint density at radius 3 is 2.60 bits per heavy atom. The largest absolute Gasteiger partial charge is 0.378 e. The second-order valence-electron chi connectivity index (χ2n) is 4.95. The molecule has 1 atom stereocenters. The molecule has 2 rings (SSSR count). The van der Waals surface area contributed by atoms with Crippen LogP contribution in [0.3, 0.4) is 0 Å². The summed E-state index contributed by atoms with van der Waals surface area (Å²) in [5, 5.41) is 0.722. The number of rotatable bonds is 6. The van der Waals surface area contributed by atoms with E-state index in [1.165, 1.54) is 6.42 Å². The molecular weight excluding hydrogens is 342 g/mol. The van der Waals surface area contributed by atoms with Crippen LogP contribution in [0, 0.1) is 0 Å². The molecule has 1 aliphatic heterocycles. The molecule has 1 unspecified atom stereocenters. The van der Waals surface area contributed by atoms with Crippen LogP contribution in [0.5, 0.6) is 0 Å². The molecule has 1 aromatic rings. The summed E-state index contributed by atoms with van der Waals surface area (Å²) in [6.45, 7) is 1.22. The fraction of sp³-hybridized carbons (Fsp3) is 0.571. The fourth-order valence-corrected chi connectivity index (χ4v) is 3.65. The van der Waals surface area contributed by atoms with Crippen LogP contribution in [-0.4, -0.2) is 27.7 Å². The van der Waals surface area contributed by atoms with E-state index in [1.54, 1.807) is 12.1 Å². The Bertz CT molecular complexity index is 510. The van der Waals surface area contributed by atoms with Gasteiger partial charge in [-0.1, -0.05) is 28.1 Å². The maximum Gasteiger partial charge on any atom is 0.240 e. The number of sulfonamides is 1. The van der Waals surface area contributed by atoms with E-state index in [0.29, 0.717) is 11.4 Å². The molecule has 0 bridgehead atoms. The molecule has 0 spiro atoms. The van der Waals surface area contributed by atoms with Gasteiger partial charge in [-0.2, -0.15) is 0 Å². The van der Waals surface area contributed by atoms with Crippen molar-refractivity contribution in [3.63, 3.8) is 0 Å². The Morgan fingerprint density at radius 2 is 2.00 bits per heavy atom. The van der Waals surface area contributed by atoms with Gasteiger partial charge in [-0.25, -0.2) is 13.1 Å². The zero-order valence-corrected chi connectivity index (χ0v) is 13.7. The van der Waals surface area contributed by atoms with Crippen LogP contribution in [0.25, 0.3) is 0 Å². The van der Waals surface area contributed by atoms with Gasteiger partial charge in [0.15, 0.2) is 0 Å². The second-order valence-corrected chi connectivity index (χ2v) is 7.28. The van der Waals surface area contributed by atoms with Crippen molar-refractivity contribution in [3.8, 4) is 0 Å². The molecule has 1 aromatic carbocycles. The van der Waals surface area contributed by atoms with Crippen LogP contribution in [0.4, 0.5) is 0 Å². The predicted molar refractivity (Wildman–Crippen MR) is 82.5 cm³/mol. The lowest BCUT2D eigenvalue weighted by Gasteiger charge is -2.22. The normalized spacial score (nSPS) is 19.9. The summed E-state index contributed by atoms with van der Waals surface area (Å²) in [4.78, 5) is 0.312. The summed E-state index contributed by atoms with van der Waals surface area (Å²) in [5.74, 6) is 0. The minimum Gasteiger partial charge on any atom is -0.378 e. The molecule has 6 heteroatoms. The smallest absolute Gasteiger partial charge is 0.240 e. The zero-order chi connectivity index (χ0) is 14.4. The number of halogens is 1. The van der Waals surface area contributed by atoms with Crippen LogP contribution in [0.2, 0.25) is 0 Å². The van der Waals surface area contributed by atoms with Crippen LogP contribution < -0.4 is 4.72 Å². The Labute approximate surface area is 129 Å². The van der Waals surface area contributed by atoms with Gasteiger partial charge in [0.25, 0.3) is 0 Å². The molecule has 112 valence electrons. The van der Waals surface area contributed by atoms with Gasteiger partial charge in [-0.15, -0.1) is 0 Å². The van der Waals surface area contributed by atoms with E-state index in [0.717, 1.165) is 36.8 Å². The first-order valence-electron chi connectivity index (χ1n) is 6.88. The van der Waals surface area contributed by atoms with Gasteiger partial charge in [0.1, 0.15) is 0 Å². The van der Waals surface area contributed by atoms with Crippen LogP contribution >= 0.6 is 15.9 Å². The Morgan fingerprint density at radius 1 is 1.25 bits per heavy atom. The molecule has 0 amide bonds. The third-order valence-corrected chi connectivity index (χ3v) is 5.54. The number of hydrogen-bond acceptors (Lipinski definition) is 3. The lowest BCUT2D eigenvalue weighted by Crippen LogP contribution is -2.29. The van der Waals surface area contributed by atoms with Crippen molar-refractivity contribution in [3.05, 3.63) is 29.8 Å². The number of hydrogen-bond donors (Lipinski definition) is 1. The maximum atomic E-state index is 12.1. The maximum absolute atomic E-state index is 12.1. The third-order valence-electron chi connectivity index (χ3n) is 3.42. The minimum absolute atomic E-state index is 0.197. The van der Waals surface area contributed by atoms with E-state index < -0.39 is 10.0 Å². The molecule has 0 radical (unpaired) electrons. The van der Waals surface area contributed by atoms with Crippen molar-refractivity contribution < 1.29 is 13.2 Å². The molecule has 1 fully saturated rings. The van der Waals surface area contributed by atoms with Crippen molar-refractivity contribution in [1.29, 1.82) is 0 Å². The monoisotopic (exact) mass is 361 g/mol. The molecule has 1 heterocycles. The highest BCUT2D eigenvalue weighted by molar-refractivity contribution is 9.08. The van der Waals surface area contributed by atoms with E-state index in [9.17, 15) is 8.42 Å². The average Bonchev–Trinajstić information content (AvgIpc) is 2.48. The van der Waals surface area contributed by atoms with Crippen LogP contribution in [0.15, 0.2) is 29.2 Å². The fourth-order valence-electron chi connectivity index (χ4n) is 2.23.